The Labute approximate surface area is 89.5 Å². The van der Waals surface area contributed by atoms with Crippen molar-refractivity contribution in [1.82, 2.24) is 0 Å². The largest absolute Gasteiger partial charge is 0.0651 e. The average Bonchev–Trinajstić information content (AvgIpc) is 2.16. The van der Waals surface area contributed by atoms with Gasteiger partial charge >= 0.3 is 0 Å². The van der Waals surface area contributed by atoms with Crippen LogP contribution in [0, 0.1) is 17.8 Å². The fourth-order valence-electron chi connectivity index (χ4n) is 3.29. The molecular formula is C14H26. The predicted octanol–water partition coefficient (Wildman–Crippen LogP) is 4.78. The van der Waals surface area contributed by atoms with Crippen LogP contribution in [0.1, 0.15) is 71.1 Å². The molecule has 0 heterocycles. The molecule has 2 fully saturated rings. The molecule has 2 saturated carbocycles. The molecule has 0 heteroatoms. The van der Waals surface area contributed by atoms with Gasteiger partial charge in [0.2, 0.25) is 0 Å². The maximum atomic E-state index is 2.37. The molecule has 82 valence electrons. The van der Waals surface area contributed by atoms with E-state index in [1.165, 1.54) is 25.7 Å². The molecule has 0 aromatic carbocycles. The second-order valence-electron chi connectivity index (χ2n) is 5.68. The highest BCUT2D eigenvalue weighted by atomic mass is 14.3. The van der Waals surface area contributed by atoms with Crippen LogP contribution < -0.4 is 0 Å². The molecule has 0 radical (unpaired) electrons. The Morgan fingerprint density at radius 2 is 1.36 bits per heavy atom. The zero-order valence-electron chi connectivity index (χ0n) is 9.80. The van der Waals surface area contributed by atoms with Gasteiger partial charge in [0, 0.05) is 0 Å². The van der Waals surface area contributed by atoms with Crippen LogP contribution in [-0.4, -0.2) is 0 Å². The molecule has 14 heavy (non-hydrogen) atoms. The second kappa shape index (κ2) is 5.19. The summed E-state index contributed by atoms with van der Waals surface area (Å²) in [6.07, 6.45) is 15.3. The summed E-state index contributed by atoms with van der Waals surface area (Å²) in [5, 5.41) is 0. The van der Waals surface area contributed by atoms with Crippen LogP contribution in [0.5, 0.6) is 0 Å². The van der Waals surface area contributed by atoms with Crippen LogP contribution in [0.15, 0.2) is 0 Å². The zero-order valence-corrected chi connectivity index (χ0v) is 9.80. The van der Waals surface area contributed by atoms with Gasteiger partial charge in [0.1, 0.15) is 0 Å². The van der Waals surface area contributed by atoms with Gasteiger partial charge in [-0.1, -0.05) is 64.7 Å². The Hall–Kier alpha value is 0. The van der Waals surface area contributed by atoms with E-state index in [1.54, 1.807) is 38.5 Å². The molecule has 2 atom stereocenters. The standard InChI is InChI=1S/C14H26/c1-2-12-5-3-8-14(11-12)10-9-13-6-4-7-13/h12-14H,2-11H2,1H3. The van der Waals surface area contributed by atoms with E-state index in [4.69, 9.17) is 0 Å². The van der Waals surface area contributed by atoms with Crippen LogP contribution >= 0.6 is 0 Å². The number of hydrogen-bond donors (Lipinski definition) is 0. The highest BCUT2D eigenvalue weighted by molar-refractivity contribution is 4.75. The molecule has 0 amide bonds. The summed E-state index contributed by atoms with van der Waals surface area (Å²) < 4.78 is 0. The van der Waals surface area contributed by atoms with Crippen molar-refractivity contribution in [3.63, 3.8) is 0 Å². The SMILES string of the molecule is CCC1CCCC(CCC2CCC2)C1. The topological polar surface area (TPSA) is 0 Å². The molecule has 0 aromatic heterocycles. The molecule has 2 aliphatic rings. The molecule has 2 rings (SSSR count). The first-order valence-corrected chi connectivity index (χ1v) is 6.88. The minimum absolute atomic E-state index is 1.08. The van der Waals surface area contributed by atoms with E-state index in [9.17, 15) is 0 Å². The van der Waals surface area contributed by atoms with Gasteiger partial charge in [-0.2, -0.15) is 0 Å². The summed E-state index contributed by atoms with van der Waals surface area (Å²) >= 11 is 0. The van der Waals surface area contributed by atoms with Gasteiger partial charge in [-0.3, -0.25) is 0 Å². The Balaban J connectivity index is 1.63. The van der Waals surface area contributed by atoms with E-state index in [2.05, 4.69) is 6.92 Å². The lowest BCUT2D eigenvalue weighted by Crippen LogP contribution is -2.18. The van der Waals surface area contributed by atoms with Crippen molar-refractivity contribution in [2.45, 2.75) is 71.1 Å². The van der Waals surface area contributed by atoms with E-state index in [1.807, 2.05) is 0 Å². The van der Waals surface area contributed by atoms with E-state index in [-0.39, 0.29) is 0 Å². The summed E-state index contributed by atoms with van der Waals surface area (Å²) in [5.74, 6) is 3.32. The average molecular weight is 194 g/mol. The lowest BCUT2D eigenvalue weighted by atomic mass is 9.75. The van der Waals surface area contributed by atoms with E-state index in [0.717, 1.165) is 17.8 Å². The summed E-state index contributed by atoms with van der Waals surface area (Å²) in [4.78, 5) is 0. The molecule has 2 unspecified atom stereocenters. The van der Waals surface area contributed by atoms with Crippen LogP contribution in [-0.2, 0) is 0 Å². The Morgan fingerprint density at radius 1 is 0.786 bits per heavy atom. The smallest absolute Gasteiger partial charge is 0.0412 e. The van der Waals surface area contributed by atoms with Gasteiger partial charge in [-0.15, -0.1) is 0 Å². The van der Waals surface area contributed by atoms with Gasteiger partial charge in [-0.25, -0.2) is 0 Å². The Morgan fingerprint density at radius 3 is 2.00 bits per heavy atom. The van der Waals surface area contributed by atoms with Crippen molar-refractivity contribution in [2.24, 2.45) is 17.8 Å². The van der Waals surface area contributed by atoms with Gasteiger partial charge in [0.15, 0.2) is 0 Å². The molecule has 0 aromatic rings. The molecule has 2 aliphatic carbocycles. The second-order valence-corrected chi connectivity index (χ2v) is 5.68. The van der Waals surface area contributed by atoms with E-state index < -0.39 is 0 Å². The summed E-state index contributed by atoms with van der Waals surface area (Å²) in [6.45, 7) is 2.37. The highest BCUT2D eigenvalue weighted by Gasteiger charge is 2.23. The lowest BCUT2D eigenvalue weighted by Gasteiger charge is -2.31. The van der Waals surface area contributed by atoms with Gasteiger partial charge < -0.3 is 0 Å². The van der Waals surface area contributed by atoms with Crippen molar-refractivity contribution in [3.05, 3.63) is 0 Å². The molecule has 0 nitrogen and oxygen atoms in total. The number of rotatable bonds is 4. The first kappa shape index (κ1) is 10.5. The molecule has 0 spiro atoms. The quantitative estimate of drug-likeness (QED) is 0.604. The van der Waals surface area contributed by atoms with Gasteiger partial charge in [0.25, 0.3) is 0 Å². The maximum absolute atomic E-state index is 2.37. The normalized spacial score (nSPS) is 34.1. The lowest BCUT2D eigenvalue weighted by molar-refractivity contribution is 0.211. The van der Waals surface area contributed by atoms with Gasteiger partial charge in [0.05, 0.1) is 0 Å². The van der Waals surface area contributed by atoms with Crippen LogP contribution in [0.3, 0.4) is 0 Å². The van der Waals surface area contributed by atoms with Crippen molar-refractivity contribution in [1.29, 1.82) is 0 Å². The number of hydrogen-bond acceptors (Lipinski definition) is 0. The van der Waals surface area contributed by atoms with Crippen LogP contribution in [0.4, 0.5) is 0 Å². The van der Waals surface area contributed by atoms with Crippen molar-refractivity contribution < 1.29 is 0 Å². The Kier molecular flexibility index (Phi) is 3.89. The highest BCUT2D eigenvalue weighted by Crippen LogP contribution is 2.37. The fraction of sp³-hybridized carbons (Fsp3) is 1.00. The van der Waals surface area contributed by atoms with Gasteiger partial charge in [-0.05, 0) is 24.2 Å². The predicted molar refractivity (Wildman–Crippen MR) is 62.3 cm³/mol. The molecule has 0 N–H and O–H groups in total. The summed E-state index contributed by atoms with van der Waals surface area (Å²) in [5.41, 5.74) is 0. The molecule has 0 aliphatic heterocycles. The monoisotopic (exact) mass is 194 g/mol. The summed E-state index contributed by atoms with van der Waals surface area (Å²) in [7, 11) is 0. The van der Waals surface area contributed by atoms with Crippen LogP contribution in [0.25, 0.3) is 0 Å². The molecule has 0 saturated heterocycles. The molecular weight excluding hydrogens is 168 g/mol. The van der Waals surface area contributed by atoms with Crippen molar-refractivity contribution in [2.75, 3.05) is 0 Å². The van der Waals surface area contributed by atoms with E-state index in [0.29, 0.717) is 0 Å². The third-order valence-electron chi connectivity index (χ3n) is 4.68. The van der Waals surface area contributed by atoms with Crippen molar-refractivity contribution in [3.8, 4) is 0 Å². The minimum atomic E-state index is 1.08. The first-order valence-electron chi connectivity index (χ1n) is 6.88. The first-order chi connectivity index (χ1) is 6.88. The fourth-order valence-corrected chi connectivity index (χ4v) is 3.29. The maximum Gasteiger partial charge on any atom is -0.0412 e. The third kappa shape index (κ3) is 2.74. The van der Waals surface area contributed by atoms with Crippen LogP contribution in [0.2, 0.25) is 0 Å². The molecule has 0 bridgehead atoms. The third-order valence-corrected chi connectivity index (χ3v) is 4.68. The zero-order chi connectivity index (χ0) is 9.80. The van der Waals surface area contributed by atoms with E-state index >= 15 is 0 Å². The summed E-state index contributed by atoms with van der Waals surface area (Å²) in [6, 6.07) is 0. The minimum Gasteiger partial charge on any atom is -0.0651 e. The Bertz CT molecular complexity index is 157. The van der Waals surface area contributed by atoms with Crippen molar-refractivity contribution >= 4 is 0 Å².